The average Bonchev–Trinajstić information content (AvgIpc) is 2.88. The summed E-state index contributed by atoms with van der Waals surface area (Å²) >= 11 is 0. The molecule has 0 atom stereocenters. The first-order valence-electron chi connectivity index (χ1n) is 6.00. The summed E-state index contributed by atoms with van der Waals surface area (Å²) in [5.74, 6) is 0. The van der Waals surface area contributed by atoms with Gasteiger partial charge in [0, 0.05) is 25.5 Å². The van der Waals surface area contributed by atoms with Crippen LogP contribution >= 0.6 is 0 Å². The Balaban J connectivity index is 1.87. The first-order chi connectivity index (χ1) is 8.81. The SMILES string of the molecule is Cc1cccc(NCCCn2ccnc2)c1C#N. The van der Waals surface area contributed by atoms with Crippen LogP contribution in [0.2, 0.25) is 0 Å². The molecule has 0 aliphatic heterocycles. The second kappa shape index (κ2) is 5.87. The van der Waals surface area contributed by atoms with Gasteiger partial charge in [0.05, 0.1) is 17.6 Å². The molecule has 0 aliphatic rings. The molecular weight excluding hydrogens is 224 g/mol. The van der Waals surface area contributed by atoms with Gasteiger partial charge in [0.15, 0.2) is 0 Å². The molecule has 4 heteroatoms. The zero-order chi connectivity index (χ0) is 12.8. The second-order valence-electron chi connectivity index (χ2n) is 4.19. The van der Waals surface area contributed by atoms with Crippen molar-refractivity contribution in [1.82, 2.24) is 9.55 Å². The summed E-state index contributed by atoms with van der Waals surface area (Å²) in [6, 6.07) is 8.11. The van der Waals surface area contributed by atoms with E-state index < -0.39 is 0 Å². The topological polar surface area (TPSA) is 53.6 Å². The molecule has 0 saturated heterocycles. The van der Waals surface area contributed by atoms with Crippen molar-refractivity contribution in [3.63, 3.8) is 0 Å². The van der Waals surface area contributed by atoms with Gasteiger partial charge in [-0.25, -0.2) is 4.98 Å². The molecule has 0 fully saturated rings. The Bertz CT molecular complexity index is 537. The molecule has 0 spiro atoms. The van der Waals surface area contributed by atoms with Crippen molar-refractivity contribution >= 4 is 5.69 Å². The van der Waals surface area contributed by atoms with Gasteiger partial charge in [0.1, 0.15) is 6.07 Å². The lowest BCUT2D eigenvalue weighted by molar-refractivity contribution is 0.661. The quantitative estimate of drug-likeness (QED) is 0.817. The lowest BCUT2D eigenvalue weighted by Gasteiger charge is -2.09. The molecule has 2 rings (SSSR count). The van der Waals surface area contributed by atoms with E-state index in [0.717, 1.165) is 36.3 Å². The van der Waals surface area contributed by atoms with Crippen LogP contribution in [0.3, 0.4) is 0 Å². The van der Waals surface area contributed by atoms with Crippen molar-refractivity contribution in [2.24, 2.45) is 0 Å². The van der Waals surface area contributed by atoms with Crippen molar-refractivity contribution in [1.29, 1.82) is 5.26 Å². The fourth-order valence-electron chi connectivity index (χ4n) is 1.87. The van der Waals surface area contributed by atoms with Crippen LogP contribution in [0.5, 0.6) is 0 Å². The molecule has 0 unspecified atom stereocenters. The van der Waals surface area contributed by atoms with E-state index in [0.29, 0.717) is 0 Å². The molecule has 0 radical (unpaired) electrons. The predicted octanol–water partition coefficient (Wildman–Crippen LogP) is 2.57. The molecule has 2 aromatic rings. The lowest BCUT2D eigenvalue weighted by atomic mass is 10.1. The van der Waals surface area contributed by atoms with Crippen molar-refractivity contribution in [2.45, 2.75) is 19.9 Å². The van der Waals surface area contributed by atoms with Crippen LogP contribution in [0.15, 0.2) is 36.9 Å². The van der Waals surface area contributed by atoms with E-state index in [1.807, 2.05) is 42.2 Å². The van der Waals surface area contributed by atoms with Gasteiger partial charge in [-0.3, -0.25) is 0 Å². The van der Waals surface area contributed by atoms with Crippen molar-refractivity contribution in [3.05, 3.63) is 48.0 Å². The number of aromatic nitrogens is 2. The largest absolute Gasteiger partial charge is 0.384 e. The minimum atomic E-state index is 0.736. The smallest absolute Gasteiger partial charge is 0.102 e. The second-order valence-corrected chi connectivity index (χ2v) is 4.19. The van der Waals surface area contributed by atoms with E-state index in [9.17, 15) is 0 Å². The van der Waals surface area contributed by atoms with Crippen LogP contribution in [0, 0.1) is 18.3 Å². The molecule has 1 aromatic heterocycles. The van der Waals surface area contributed by atoms with Crippen molar-refractivity contribution in [2.75, 3.05) is 11.9 Å². The highest BCUT2D eigenvalue weighted by Gasteiger charge is 2.03. The van der Waals surface area contributed by atoms with Gasteiger partial charge in [-0.15, -0.1) is 0 Å². The number of nitriles is 1. The Hall–Kier alpha value is -2.28. The molecule has 0 aliphatic carbocycles. The van der Waals surface area contributed by atoms with Crippen molar-refractivity contribution < 1.29 is 0 Å². The molecule has 4 nitrogen and oxygen atoms in total. The van der Waals surface area contributed by atoms with Gasteiger partial charge < -0.3 is 9.88 Å². The third kappa shape index (κ3) is 2.89. The zero-order valence-electron chi connectivity index (χ0n) is 10.4. The maximum absolute atomic E-state index is 9.10. The summed E-state index contributed by atoms with van der Waals surface area (Å²) in [4.78, 5) is 4.00. The van der Waals surface area contributed by atoms with Crippen LogP contribution in [0.1, 0.15) is 17.5 Å². The van der Waals surface area contributed by atoms with Gasteiger partial charge in [-0.1, -0.05) is 12.1 Å². The number of nitrogens with one attached hydrogen (secondary N) is 1. The Labute approximate surface area is 107 Å². The van der Waals surface area contributed by atoms with E-state index >= 15 is 0 Å². The zero-order valence-corrected chi connectivity index (χ0v) is 10.4. The minimum Gasteiger partial charge on any atom is -0.384 e. The third-order valence-electron chi connectivity index (χ3n) is 2.85. The number of aryl methyl sites for hydroxylation is 2. The summed E-state index contributed by atoms with van der Waals surface area (Å²) in [5.41, 5.74) is 2.67. The molecule has 92 valence electrons. The van der Waals surface area contributed by atoms with Gasteiger partial charge in [0.2, 0.25) is 0 Å². The minimum absolute atomic E-state index is 0.736. The fraction of sp³-hybridized carbons (Fsp3) is 0.286. The number of benzene rings is 1. The maximum Gasteiger partial charge on any atom is 0.102 e. The average molecular weight is 240 g/mol. The van der Waals surface area contributed by atoms with Crippen LogP contribution in [-0.2, 0) is 6.54 Å². The highest BCUT2D eigenvalue weighted by atomic mass is 15.0. The summed E-state index contributed by atoms with van der Waals surface area (Å²) in [6.07, 6.45) is 6.54. The summed E-state index contributed by atoms with van der Waals surface area (Å²) in [6.45, 7) is 3.73. The standard InChI is InChI=1S/C14H16N4/c1-12-4-2-5-14(13(12)10-15)17-6-3-8-18-9-7-16-11-18/h2,4-5,7,9,11,17H,3,6,8H2,1H3. The van der Waals surface area contributed by atoms with E-state index in [2.05, 4.69) is 16.4 Å². The van der Waals surface area contributed by atoms with E-state index in [1.54, 1.807) is 6.20 Å². The highest BCUT2D eigenvalue weighted by molar-refractivity contribution is 5.60. The van der Waals surface area contributed by atoms with E-state index in [-0.39, 0.29) is 0 Å². The molecule has 1 N–H and O–H groups in total. The molecule has 0 saturated carbocycles. The van der Waals surface area contributed by atoms with Gasteiger partial charge in [-0.2, -0.15) is 5.26 Å². The predicted molar refractivity (Wildman–Crippen MR) is 71.2 cm³/mol. The Morgan fingerprint density at radius 1 is 1.44 bits per heavy atom. The Morgan fingerprint density at radius 2 is 2.33 bits per heavy atom. The van der Waals surface area contributed by atoms with Crippen LogP contribution in [0.25, 0.3) is 0 Å². The number of anilines is 1. The molecule has 1 aromatic carbocycles. The molecule has 18 heavy (non-hydrogen) atoms. The maximum atomic E-state index is 9.10. The first kappa shape index (κ1) is 12.2. The number of hydrogen-bond acceptors (Lipinski definition) is 3. The monoisotopic (exact) mass is 240 g/mol. The summed E-state index contributed by atoms with van der Waals surface area (Å²) < 4.78 is 2.04. The molecular formula is C14H16N4. The van der Waals surface area contributed by atoms with Gasteiger partial charge in [-0.05, 0) is 25.0 Å². The fourth-order valence-corrected chi connectivity index (χ4v) is 1.87. The Morgan fingerprint density at radius 3 is 3.06 bits per heavy atom. The lowest BCUT2D eigenvalue weighted by Crippen LogP contribution is -2.07. The van der Waals surface area contributed by atoms with Crippen LogP contribution in [-0.4, -0.2) is 16.1 Å². The molecule has 0 amide bonds. The first-order valence-corrected chi connectivity index (χ1v) is 6.00. The number of hydrogen-bond donors (Lipinski definition) is 1. The normalized spacial score (nSPS) is 10.0. The van der Waals surface area contributed by atoms with Crippen LogP contribution in [0.4, 0.5) is 5.69 Å². The van der Waals surface area contributed by atoms with E-state index in [4.69, 9.17) is 5.26 Å². The summed E-state index contributed by atoms with van der Waals surface area (Å²) in [5, 5.41) is 12.4. The highest BCUT2D eigenvalue weighted by Crippen LogP contribution is 2.18. The van der Waals surface area contributed by atoms with Crippen LogP contribution < -0.4 is 5.32 Å². The third-order valence-corrected chi connectivity index (χ3v) is 2.85. The summed E-state index contributed by atoms with van der Waals surface area (Å²) in [7, 11) is 0. The Kier molecular flexibility index (Phi) is 3.98. The van der Waals surface area contributed by atoms with E-state index in [1.165, 1.54) is 0 Å². The molecule has 0 bridgehead atoms. The number of imidazole rings is 1. The number of rotatable bonds is 5. The van der Waals surface area contributed by atoms with Gasteiger partial charge in [0.25, 0.3) is 0 Å². The van der Waals surface area contributed by atoms with Gasteiger partial charge >= 0.3 is 0 Å². The molecule has 1 heterocycles. The van der Waals surface area contributed by atoms with Crippen molar-refractivity contribution in [3.8, 4) is 6.07 Å². The number of nitrogens with zero attached hydrogens (tertiary/aromatic N) is 3.